The van der Waals surface area contributed by atoms with Crippen LogP contribution >= 0.6 is 0 Å². The largest absolute Gasteiger partial charge is 0.375 e. The van der Waals surface area contributed by atoms with Crippen LogP contribution in [0.5, 0.6) is 0 Å². The Kier molecular flexibility index (Phi) is 6.38. The zero-order valence-corrected chi connectivity index (χ0v) is 13.1. The van der Waals surface area contributed by atoms with Crippen molar-refractivity contribution < 1.29 is 0 Å². The molecule has 1 aliphatic rings. The normalized spacial score (nSPS) is 15.6. The maximum atomic E-state index is 5.86. The quantitative estimate of drug-likeness (QED) is 0.439. The van der Waals surface area contributed by atoms with Gasteiger partial charge in [-0.05, 0) is 43.7 Å². The highest BCUT2D eigenvalue weighted by atomic mass is 15.1. The first-order valence-corrected chi connectivity index (χ1v) is 8.05. The van der Waals surface area contributed by atoms with Crippen molar-refractivity contribution >= 4 is 11.6 Å². The summed E-state index contributed by atoms with van der Waals surface area (Å²) >= 11 is 0. The van der Waals surface area contributed by atoms with Crippen LogP contribution in [0.2, 0.25) is 0 Å². The van der Waals surface area contributed by atoms with Gasteiger partial charge < -0.3 is 16.0 Å². The van der Waals surface area contributed by atoms with Crippen molar-refractivity contribution in [3.8, 4) is 0 Å². The second kappa shape index (κ2) is 8.55. The number of nitrogens with two attached hydrogens (primary N) is 1. The Hall–Kier alpha value is -1.71. The minimum absolute atomic E-state index is 0.610. The molecule has 0 bridgehead atoms. The molecule has 1 aromatic rings. The van der Waals surface area contributed by atoms with Crippen LogP contribution in [0.1, 0.15) is 32.1 Å². The Morgan fingerprint density at radius 2 is 2.05 bits per heavy atom. The van der Waals surface area contributed by atoms with E-state index in [2.05, 4.69) is 46.5 Å². The van der Waals surface area contributed by atoms with Crippen molar-refractivity contribution in [2.45, 2.75) is 32.1 Å². The third kappa shape index (κ3) is 5.66. The van der Waals surface area contributed by atoms with E-state index in [9.17, 15) is 0 Å². The third-order valence-electron chi connectivity index (χ3n) is 4.17. The summed E-state index contributed by atoms with van der Waals surface area (Å²) in [7, 11) is 2.14. The average molecular weight is 288 g/mol. The Morgan fingerprint density at radius 3 is 2.71 bits per heavy atom. The number of unbranched alkanes of at least 4 members (excludes halogenated alkanes) is 1. The van der Waals surface area contributed by atoms with E-state index in [1.807, 2.05) is 6.07 Å². The molecule has 3 N–H and O–H groups in total. The number of rotatable bonds is 8. The molecule has 1 fully saturated rings. The van der Waals surface area contributed by atoms with Gasteiger partial charge in [-0.15, -0.1) is 0 Å². The van der Waals surface area contributed by atoms with Gasteiger partial charge in [-0.1, -0.05) is 24.6 Å². The maximum absolute atomic E-state index is 5.86. The van der Waals surface area contributed by atoms with Crippen LogP contribution in [0.25, 0.3) is 0 Å². The van der Waals surface area contributed by atoms with Crippen LogP contribution in [0.15, 0.2) is 35.3 Å². The second-order valence-corrected chi connectivity index (χ2v) is 5.91. The third-order valence-corrected chi connectivity index (χ3v) is 4.17. The Bertz CT molecular complexity index is 426. The van der Waals surface area contributed by atoms with Crippen LogP contribution in [-0.2, 0) is 0 Å². The lowest BCUT2D eigenvalue weighted by Gasteiger charge is -2.23. The van der Waals surface area contributed by atoms with Gasteiger partial charge in [0.15, 0.2) is 5.96 Å². The summed E-state index contributed by atoms with van der Waals surface area (Å²) in [4.78, 5) is 6.69. The van der Waals surface area contributed by atoms with E-state index < -0.39 is 0 Å². The van der Waals surface area contributed by atoms with Crippen molar-refractivity contribution in [2.75, 3.05) is 31.6 Å². The van der Waals surface area contributed by atoms with Gasteiger partial charge in [-0.2, -0.15) is 0 Å². The molecule has 4 heteroatoms. The lowest BCUT2D eigenvalue weighted by Crippen LogP contribution is -2.33. The van der Waals surface area contributed by atoms with Crippen LogP contribution in [0.4, 0.5) is 5.69 Å². The molecule has 0 saturated heterocycles. The van der Waals surface area contributed by atoms with E-state index in [1.165, 1.54) is 24.9 Å². The standard InChI is InChI=1S/C17H28N4/c1-21(16-10-3-2-4-11-16)13-6-5-12-19-17(18)20-14-15-8-7-9-15/h2-4,10-11,15H,5-9,12-14H2,1H3,(H3,18,19,20). The summed E-state index contributed by atoms with van der Waals surface area (Å²) < 4.78 is 0. The first-order chi connectivity index (χ1) is 10.3. The summed E-state index contributed by atoms with van der Waals surface area (Å²) in [5.74, 6) is 1.39. The van der Waals surface area contributed by atoms with Crippen molar-refractivity contribution in [1.82, 2.24) is 5.32 Å². The predicted molar refractivity (Wildman–Crippen MR) is 90.8 cm³/mol. The minimum atomic E-state index is 0.610. The first kappa shape index (κ1) is 15.7. The van der Waals surface area contributed by atoms with E-state index in [0.29, 0.717) is 5.96 Å². The van der Waals surface area contributed by atoms with Gasteiger partial charge in [-0.3, -0.25) is 4.99 Å². The van der Waals surface area contributed by atoms with Gasteiger partial charge in [0.25, 0.3) is 0 Å². The van der Waals surface area contributed by atoms with E-state index in [4.69, 9.17) is 5.73 Å². The number of guanidine groups is 1. The van der Waals surface area contributed by atoms with Crippen LogP contribution in [-0.4, -0.2) is 32.6 Å². The molecule has 0 atom stereocenters. The van der Waals surface area contributed by atoms with E-state index in [-0.39, 0.29) is 0 Å². The van der Waals surface area contributed by atoms with Crippen molar-refractivity contribution in [1.29, 1.82) is 0 Å². The zero-order valence-electron chi connectivity index (χ0n) is 13.1. The molecule has 1 saturated carbocycles. The summed E-state index contributed by atoms with van der Waals surface area (Å²) in [6.07, 6.45) is 6.26. The van der Waals surface area contributed by atoms with Crippen LogP contribution < -0.4 is 16.0 Å². The highest BCUT2D eigenvalue weighted by Gasteiger charge is 2.16. The van der Waals surface area contributed by atoms with E-state index >= 15 is 0 Å². The highest BCUT2D eigenvalue weighted by Crippen LogP contribution is 2.26. The SMILES string of the molecule is CN(CCCCNC(N)=NCC1CCC1)c1ccccc1. The molecule has 0 spiro atoms. The molecule has 2 rings (SSSR count). The molecule has 0 heterocycles. The summed E-state index contributed by atoms with van der Waals surface area (Å²) in [5, 5.41) is 3.21. The van der Waals surface area contributed by atoms with Crippen molar-refractivity contribution in [3.05, 3.63) is 30.3 Å². The molecule has 0 unspecified atom stereocenters. The van der Waals surface area contributed by atoms with Gasteiger partial charge in [0.05, 0.1) is 0 Å². The molecule has 0 aromatic heterocycles. The molecule has 0 aliphatic heterocycles. The number of anilines is 1. The topological polar surface area (TPSA) is 53.6 Å². The number of hydrogen-bond donors (Lipinski definition) is 2. The minimum Gasteiger partial charge on any atom is -0.375 e. The highest BCUT2D eigenvalue weighted by molar-refractivity contribution is 5.77. The number of benzene rings is 1. The Morgan fingerprint density at radius 1 is 1.29 bits per heavy atom. The van der Waals surface area contributed by atoms with Crippen LogP contribution in [0, 0.1) is 5.92 Å². The number of nitrogens with zero attached hydrogens (tertiary/aromatic N) is 2. The average Bonchev–Trinajstić information content (AvgIpc) is 2.46. The Labute approximate surface area is 128 Å². The van der Waals surface area contributed by atoms with E-state index in [0.717, 1.165) is 38.4 Å². The molecular weight excluding hydrogens is 260 g/mol. The number of hydrogen-bond acceptors (Lipinski definition) is 2. The molecule has 0 amide bonds. The molecule has 116 valence electrons. The summed E-state index contributed by atoms with van der Waals surface area (Å²) in [6, 6.07) is 10.5. The van der Waals surface area contributed by atoms with Crippen LogP contribution in [0.3, 0.4) is 0 Å². The molecule has 21 heavy (non-hydrogen) atoms. The van der Waals surface area contributed by atoms with Gasteiger partial charge in [0, 0.05) is 32.4 Å². The second-order valence-electron chi connectivity index (χ2n) is 5.91. The Balaban J connectivity index is 1.53. The molecule has 0 radical (unpaired) electrons. The van der Waals surface area contributed by atoms with Crippen molar-refractivity contribution in [3.63, 3.8) is 0 Å². The van der Waals surface area contributed by atoms with Gasteiger partial charge >= 0.3 is 0 Å². The van der Waals surface area contributed by atoms with E-state index in [1.54, 1.807) is 0 Å². The fraction of sp³-hybridized carbons (Fsp3) is 0.588. The lowest BCUT2D eigenvalue weighted by atomic mass is 9.86. The zero-order chi connectivity index (χ0) is 14.9. The number of nitrogens with one attached hydrogen (secondary N) is 1. The monoisotopic (exact) mass is 288 g/mol. The summed E-state index contributed by atoms with van der Waals surface area (Å²) in [5.41, 5.74) is 7.13. The summed E-state index contributed by atoms with van der Waals surface area (Å²) in [6.45, 7) is 2.86. The maximum Gasteiger partial charge on any atom is 0.188 e. The fourth-order valence-corrected chi connectivity index (χ4v) is 2.46. The molecule has 1 aliphatic carbocycles. The predicted octanol–water partition coefficient (Wildman–Crippen LogP) is 2.61. The van der Waals surface area contributed by atoms with Gasteiger partial charge in [0.2, 0.25) is 0 Å². The van der Waals surface area contributed by atoms with Crippen molar-refractivity contribution in [2.24, 2.45) is 16.6 Å². The van der Waals surface area contributed by atoms with Gasteiger partial charge in [-0.25, -0.2) is 0 Å². The number of para-hydroxylation sites is 1. The first-order valence-electron chi connectivity index (χ1n) is 8.05. The molecule has 1 aromatic carbocycles. The van der Waals surface area contributed by atoms with Gasteiger partial charge in [0.1, 0.15) is 0 Å². The molecular formula is C17H28N4. The smallest absolute Gasteiger partial charge is 0.188 e. The molecule has 4 nitrogen and oxygen atoms in total. The fourth-order valence-electron chi connectivity index (χ4n) is 2.46. The lowest BCUT2D eigenvalue weighted by molar-refractivity contribution is 0.326. The number of aliphatic imine (C=N–C) groups is 1.